The lowest BCUT2D eigenvalue weighted by Gasteiger charge is -2.04. The molecule has 0 bridgehead atoms. The summed E-state index contributed by atoms with van der Waals surface area (Å²) in [6.07, 6.45) is 1.75. The van der Waals surface area contributed by atoms with Gasteiger partial charge in [0.25, 0.3) is 0 Å². The zero-order chi connectivity index (χ0) is 22.8. The molecule has 6 heteroatoms. The fourth-order valence-electron chi connectivity index (χ4n) is 3.53. The van der Waals surface area contributed by atoms with Gasteiger partial charge in [-0.05, 0) is 41.5 Å². The van der Waals surface area contributed by atoms with E-state index in [-0.39, 0.29) is 0 Å². The number of thiazole rings is 1. The number of rotatable bonds is 4. The second kappa shape index (κ2) is 9.29. The van der Waals surface area contributed by atoms with Gasteiger partial charge < -0.3 is 0 Å². The van der Waals surface area contributed by atoms with Crippen LogP contribution < -0.4 is 0 Å². The van der Waals surface area contributed by atoms with E-state index >= 15 is 0 Å². The minimum atomic E-state index is 0.353. The van der Waals surface area contributed by atoms with Crippen molar-refractivity contribution in [1.29, 1.82) is 5.26 Å². The SMILES string of the molecule is N#CC(=Cc1cc2cc(Br)ccc2nc1Cl)c1nc(-c2ccc(-c3ccccc3)cc2)cs1. The molecule has 0 radical (unpaired) electrons. The van der Waals surface area contributed by atoms with Gasteiger partial charge in [0.2, 0.25) is 0 Å². The number of pyridine rings is 1. The highest BCUT2D eigenvalue weighted by Crippen LogP contribution is 2.31. The number of nitriles is 1. The summed E-state index contributed by atoms with van der Waals surface area (Å²) in [6.45, 7) is 0. The molecule has 5 aromatic rings. The lowest BCUT2D eigenvalue weighted by atomic mass is 10.0. The van der Waals surface area contributed by atoms with Gasteiger partial charge in [-0.1, -0.05) is 82.1 Å². The van der Waals surface area contributed by atoms with Crippen molar-refractivity contribution >= 4 is 61.4 Å². The summed E-state index contributed by atoms with van der Waals surface area (Å²) in [4.78, 5) is 9.17. The summed E-state index contributed by atoms with van der Waals surface area (Å²) in [7, 11) is 0. The molecular weight excluding hydrogens is 514 g/mol. The number of nitrogens with zero attached hydrogens (tertiary/aromatic N) is 3. The summed E-state index contributed by atoms with van der Waals surface area (Å²) < 4.78 is 0.956. The van der Waals surface area contributed by atoms with Crippen molar-refractivity contribution in [2.45, 2.75) is 0 Å². The predicted molar refractivity (Wildman–Crippen MR) is 141 cm³/mol. The monoisotopic (exact) mass is 527 g/mol. The van der Waals surface area contributed by atoms with Crippen LogP contribution in [0.1, 0.15) is 10.6 Å². The van der Waals surface area contributed by atoms with Gasteiger partial charge in [0.05, 0.1) is 16.8 Å². The summed E-state index contributed by atoms with van der Waals surface area (Å²) in [5.41, 5.74) is 6.09. The summed E-state index contributed by atoms with van der Waals surface area (Å²) >= 11 is 11.3. The van der Waals surface area contributed by atoms with Gasteiger partial charge in [-0.15, -0.1) is 11.3 Å². The molecule has 0 fully saturated rings. The Morgan fingerprint density at radius 3 is 2.39 bits per heavy atom. The van der Waals surface area contributed by atoms with E-state index in [4.69, 9.17) is 16.6 Å². The summed E-state index contributed by atoms with van der Waals surface area (Å²) in [5, 5.41) is 13.7. The molecule has 0 saturated heterocycles. The second-order valence-corrected chi connectivity index (χ2v) is 9.49. The van der Waals surface area contributed by atoms with Gasteiger partial charge in [-0.3, -0.25) is 0 Å². The average molecular weight is 529 g/mol. The lowest BCUT2D eigenvalue weighted by molar-refractivity contribution is 1.36. The normalized spacial score (nSPS) is 11.5. The Morgan fingerprint density at radius 1 is 0.909 bits per heavy atom. The Labute approximate surface area is 208 Å². The van der Waals surface area contributed by atoms with Crippen LogP contribution in [0.15, 0.2) is 88.7 Å². The molecule has 0 atom stereocenters. The number of hydrogen-bond acceptors (Lipinski definition) is 4. The van der Waals surface area contributed by atoms with E-state index in [2.05, 4.69) is 63.4 Å². The van der Waals surface area contributed by atoms with Crippen LogP contribution in [0.3, 0.4) is 0 Å². The molecule has 0 saturated carbocycles. The van der Waals surface area contributed by atoms with Crippen LogP contribution in [0.4, 0.5) is 0 Å². The first-order valence-corrected chi connectivity index (χ1v) is 12.1. The first-order valence-electron chi connectivity index (χ1n) is 10.1. The number of fused-ring (bicyclic) bond motifs is 1. The Morgan fingerprint density at radius 2 is 1.64 bits per heavy atom. The van der Waals surface area contributed by atoms with Crippen molar-refractivity contribution in [1.82, 2.24) is 9.97 Å². The summed E-state index contributed by atoms with van der Waals surface area (Å²) in [6, 6.07) is 28.5. The number of halogens is 2. The molecule has 5 rings (SSSR count). The van der Waals surface area contributed by atoms with Crippen LogP contribution in [-0.4, -0.2) is 9.97 Å². The lowest BCUT2D eigenvalue weighted by Crippen LogP contribution is -1.87. The molecule has 0 N–H and O–H groups in total. The molecule has 3 aromatic carbocycles. The van der Waals surface area contributed by atoms with Crippen LogP contribution in [0.25, 0.3) is 44.9 Å². The quantitative estimate of drug-likeness (QED) is 0.173. The molecule has 158 valence electrons. The third-order valence-corrected chi connectivity index (χ3v) is 6.87. The number of aromatic nitrogens is 2. The molecular formula is C27H15BrClN3S. The molecule has 0 spiro atoms. The minimum absolute atomic E-state index is 0.353. The van der Waals surface area contributed by atoms with Crippen molar-refractivity contribution < 1.29 is 0 Å². The maximum absolute atomic E-state index is 9.81. The van der Waals surface area contributed by atoms with Crippen LogP contribution in [-0.2, 0) is 0 Å². The smallest absolute Gasteiger partial charge is 0.137 e. The van der Waals surface area contributed by atoms with E-state index in [0.29, 0.717) is 21.3 Å². The van der Waals surface area contributed by atoms with Gasteiger partial charge in [-0.2, -0.15) is 5.26 Å². The highest BCUT2D eigenvalue weighted by Gasteiger charge is 2.12. The maximum Gasteiger partial charge on any atom is 0.137 e. The van der Waals surface area contributed by atoms with Gasteiger partial charge >= 0.3 is 0 Å². The Bertz CT molecular complexity index is 1530. The largest absolute Gasteiger partial charge is 0.235 e. The second-order valence-electron chi connectivity index (χ2n) is 7.36. The Hall–Kier alpha value is -3.30. The molecule has 0 aliphatic rings. The molecule has 0 aliphatic carbocycles. The van der Waals surface area contributed by atoms with Crippen LogP contribution in [0.2, 0.25) is 5.15 Å². The van der Waals surface area contributed by atoms with Crippen molar-refractivity contribution in [2.75, 3.05) is 0 Å². The van der Waals surface area contributed by atoms with Crippen molar-refractivity contribution in [2.24, 2.45) is 0 Å². The third kappa shape index (κ3) is 4.60. The van der Waals surface area contributed by atoms with Crippen molar-refractivity contribution in [3.63, 3.8) is 0 Å². The Balaban J connectivity index is 1.46. The zero-order valence-corrected chi connectivity index (χ0v) is 20.3. The van der Waals surface area contributed by atoms with Gasteiger partial charge in [0.1, 0.15) is 16.2 Å². The highest BCUT2D eigenvalue weighted by molar-refractivity contribution is 9.10. The van der Waals surface area contributed by atoms with Gasteiger partial charge in [-0.25, -0.2) is 9.97 Å². The van der Waals surface area contributed by atoms with E-state index in [1.807, 2.05) is 47.8 Å². The van der Waals surface area contributed by atoms with E-state index in [9.17, 15) is 5.26 Å². The molecule has 3 nitrogen and oxygen atoms in total. The molecule has 0 aliphatic heterocycles. The van der Waals surface area contributed by atoms with E-state index in [1.54, 1.807) is 6.08 Å². The van der Waals surface area contributed by atoms with Crippen molar-refractivity contribution in [3.8, 4) is 28.5 Å². The third-order valence-electron chi connectivity index (χ3n) is 5.20. The fraction of sp³-hybridized carbons (Fsp3) is 0. The molecule has 0 amide bonds. The molecule has 0 unspecified atom stereocenters. The number of hydrogen-bond donors (Lipinski definition) is 0. The molecule has 2 heterocycles. The van der Waals surface area contributed by atoms with Gasteiger partial charge in [0.15, 0.2) is 0 Å². The van der Waals surface area contributed by atoms with Crippen molar-refractivity contribution in [3.05, 3.63) is 104 Å². The fourth-order valence-corrected chi connectivity index (χ4v) is 4.91. The molecule has 33 heavy (non-hydrogen) atoms. The van der Waals surface area contributed by atoms with Crippen LogP contribution in [0, 0.1) is 11.3 Å². The predicted octanol–water partition coefficient (Wildman–Crippen LogP) is 8.51. The zero-order valence-electron chi connectivity index (χ0n) is 17.2. The van der Waals surface area contributed by atoms with Gasteiger partial charge in [0, 0.05) is 26.4 Å². The minimum Gasteiger partial charge on any atom is -0.235 e. The highest BCUT2D eigenvalue weighted by atomic mass is 79.9. The standard InChI is InChI=1S/C27H15BrClN3S/c28-23-10-11-24-20(14-23)12-21(26(29)31-24)13-22(15-30)27-32-25(16-33-27)19-8-6-18(7-9-19)17-4-2-1-3-5-17/h1-14,16H. The average Bonchev–Trinajstić information content (AvgIpc) is 3.34. The van der Waals surface area contributed by atoms with Crippen LogP contribution >= 0.6 is 38.9 Å². The number of benzene rings is 3. The topological polar surface area (TPSA) is 49.6 Å². The first-order chi connectivity index (χ1) is 16.1. The van der Waals surface area contributed by atoms with E-state index in [1.165, 1.54) is 16.9 Å². The molecule has 2 aromatic heterocycles. The number of allylic oxidation sites excluding steroid dienone is 1. The van der Waals surface area contributed by atoms with E-state index < -0.39 is 0 Å². The first kappa shape index (κ1) is 21.5. The van der Waals surface area contributed by atoms with E-state index in [0.717, 1.165) is 32.2 Å². The van der Waals surface area contributed by atoms with Crippen LogP contribution in [0.5, 0.6) is 0 Å². The Kier molecular flexibility index (Phi) is 6.06. The summed E-state index contributed by atoms with van der Waals surface area (Å²) in [5.74, 6) is 0. The maximum atomic E-state index is 9.81.